The number of amides is 1. The lowest BCUT2D eigenvalue weighted by molar-refractivity contribution is -0.188. The van der Waals surface area contributed by atoms with Crippen LogP contribution in [0, 0.1) is 22.7 Å². The van der Waals surface area contributed by atoms with E-state index in [0.29, 0.717) is 38.8 Å². The van der Waals surface area contributed by atoms with Crippen LogP contribution in [-0.2, 0) is 27.2 Å². The lowest BCUT2D eigenvalue weighted by Gasteiger charge is -2.45. The van der Waals surface area contributed by atoms with Gasteiger partial charge in [-0.2, -0.15) is 18.4 Å². The molecule has 1 saturated heterocycles. The van der Waals surface area contributed by atoms with Gasteiger partial charge in [0.15, 0.2) is 0 Å². The Morgan fingerprint density at radius 2 is 1.68 bits per heavy atom. The molecule has 0 spiro atoms. The third-order valence-electron chi connectivity index (χ3n) is 9.02. The fourth-order valence-corrected chi connectivity index (χ4v) is 6.21. The first-order chi connectivity index (χ1) is 19.7. The van der Waals surface area contributed by atoms with Gasteiger partial charge in [-0.3, -0.25) is 14.5 Å². The minimum atomic E-state index is -4.96. The smallest absolute Gasteiger partial charge is 0.449 e. The summed E-state index contributed by atoms with van der Waals surface area (Å²) in [6.45, 7) is 1.31. The average Bonchev–Trinajstić information content (AvgIpc) is 3.72. The molecule has 3 aliphatic rings. The molecule has 0 unspecified atom stereocenters. The molecule has 1 amide bonds. The Balaban J connectivity index is 1.34. The zero-order chi connectivity index (χ0) is 29.0. The number of nitriles is 1. The van der Waals surface area contributed by atoms with Gasteiger partial charge in [-0.05, 0) is 60.6 Å². The molecular formula is C32H36F3N3O3. The fourth-order valence-electron chi connectivity index (χ4n) is 6.21. The molecule has 1 heterocycles. The lowest BCUT2D eigenvalue weighted by atomic mass is 9.73. The molecule has 218 valence electrons. The summed E-state index contributed by atoms with van der Waals surface area (Å²) in [6, 6.07) is 18.7. The van der Waals surface area contributed by atoms with Gasteiger partial charge < -0.3 is 9.64 Å². The van der Waals surface area contributed by atoms with Crippen LogP contribution in [0.4, 0.5) is 13.2 Å². The van der Waals surface area contributed by atoms with E-state index in [1.165, 1.54) is 0 Å². The fraction of sp³-hybridized carbons (Fsp3) is 0.531. The van der Waals surface area contributed by atoms with Gasteiger partial charge in [0.05, 0.1) is 18.4 Å². The number of hydrogen-bond donors (Lipinski definition) is 0. The zero-order valence-corrected chi connectivity index (χ0v) is 23.1. The zero-order valence-electron chi connectivity index (χ0n) is 23.1. The van der Waals surface area contributed by atoms with Crippen LogP contribution in [0.5, 0.6) is 0 Å². The molecule has 0 aromatic heterocycles. The first-order valence-electron chi connectivity index (χ1n) is 14.4. The van der Waals surface area contributed by atoms with E-state index in [-0.39, 0.29) is 37.5 Å². The van der Waals surface area contributed by atoms with Crippen LogP contribution in [0.25, 0.3) is 0 Å². The van der Waals surface area contributed by atoms with E-state index in [2.05, 4.69) is 6.07 Å². The third-order valence-corrected chi connectivity index (χ3v) is 9.02. The van der Waals surface area contributed by atoms with Crippen molar-refractivity contribution in [1.29, 1.82) is 5.26 Å². The van der Waals surface area contributed by atoms with Crippen molar-refractivity contribution < 1.29 is 27.5 Å². The molecule has 2 aromatic carbocycles. The van der Waals surface area contributed by atoms with Crippen molar-refractivity contribution in [1.82, 2.24) is 9.80 Å². The maximum absolute atomic E-state index is 13.9. The predicted octanol–water partition coefficient (Wildman–Crippen LogP) is 5.63. The Labute approximate surface area is 239 Å². The summed E-state index contributed by atoms with van der Waals surface area (Å²) < 4.78 is 47.2. The van der Waals surface area contributed by atoms with Gasteiger partial charge >= 0.3 is 18.1 Å². The van der Waals surface area contributed by atoms with Crippen molar-refractivity contribution in [2.75, 3.05) is 26.4 Å². The Bertz CT molecular complexity index is 1250. The van der Waals surface area contributed by atoms with Crippen LogP contribution in [0.1, 0.15) is 61.1 Å². The molecule has 0 bridgehead atoms. The Hall–Kier alpha value is -3.38. The molecular weight excluding hydrogens is 531 g/mol. The largest absolute Gasteiger partial charge is 0.471 e. The van der Waals surface area contributed by atoms with Crippen LogP contribution >= 0.6 is 0 Å². The molecule has 2 aliphatic carbocycles. The van der Waals surface area contributed by atoms with E-state index in [1.807, 2.05) is 59.5 Å². The van der Waals surface area contributed by atoms with Crippen molar-refractivity contribution in [2.45, 2.75) is 69.5 Å². The van der Waals surface area contributed by atoms with Gasteiger partial charge in [-0.15, -0.1) is 0 Å². The van der Waals surface area contributed by atoms with Gasteiger partial charge in [0, 0.05) is 31.6 Å². The quantitative estimate of drug-likeness (QED) is 0.348. The molecule has 1 aliphatic heterocycles. The second-order valence-electron chi connectivity index (χ2n) is 11.9. The number of carbonyl (C=O) groups is 2. The average molecular weight is 568 g/mol. The van der Waals surface area contributed by atoms with E-state index in [0.717, 1.165) is 40.9 Å². The number of ether oxygens (including phenoxy) is 1. The predicted molar refractivity (Wildman–Crippen MR) is 146 cm³/mol. The maximum Gasteiger partial charge on any atom is 0.471 e. The van der Waals surface area contributed by atoms with Crippen molar-refractivity contribution >= 4 is 11.9 Å². The van der Waals surface area contributed by atoms with E-state index in [4.69, 9.17) is 10.00 Å². The molecule has 0 N–H and O–H groups in total. The number of rotatable bonds is 10. The number of alkyl halides is 3. The molecule has 5 rings (SSSR count). The number of hydrogen-bond acceptors (Lipinski definition) is 5. The summed E-state index contributed by atoms with van der Waals surface area (Å²) in [5.74, 6) is -2.08. The van der Waals surface area contributed by atoms with Crippen LogP contribution in [0.3, 0.4) is 0 Å². The summed E-state index contributed by atoms with van der Waals surface area (Å²) in [5, 5.41) is 9.00. The molecule has 9 heteroatoms. The monoisotopic (exact) mass is 567 g/mol. The lowest BCUT2D eigenvalue weighted by Crippen LogP contribution is -2.52. The number of esters is 1. The highest BCUT2D eigenvalue weighted by molar-refractivity contribution is 5.82. The second kappa shape index (κ2) is 12.2. The van der Waals surface area contributed by atoms with Gasteiger partial charge in [0.1, 0.15) is 6.73 Å². The SMILES string of the molecule is N#CCc1ccc(CC2(CN(C(=O)C(F)(F)F)[C@@H]3C[C@H]3c3ccccc3)CCN(COC(=O)C3CCC3)CC2)cc1. The summed E-state index contributed by atoms with van der Waals surface area (Å²) in [4.78, 5) is 28.2. The maximum atomic E-state index is 13.9. The summed E-state index contributed by atoms with van der Waals surface area (Å²) in [5.41, 5.74) is 2.22. The summed E-state index contributed by atoms with van der Waals surface area (Å²) >= 11 is 0. The van der Waals surface area contributed by atoms with Crippen molar-refractivity contribution in [2.24, 2.45) is 11.3 Å². The molecule has 41 heavy (non-hydrogen) atoms. The Morgan fingerprint density at radius 1 is 1.02 bits per heavy atom. The van der Waals surface area contributed by atoms with Crippen LogP contribution in [0.15, 0.2) is 54.6 Å². The van der Waals surface area contributed by atoms with E-state index >= 15 is 0 Å². The Kier molecular flexibility index (Phi) is 8.69. The molecule has 0 radical (unpaired) electrons. The first kappa shape index (κ1) is 29.1. The number of halogens is 3. The van der Waals surface area contributed by atoms with Crippen molar-refractivity contribution in [3.63, 3.8) is 0 Å². The highest BCUT2D eigenvalue weighted by Crippen LogP contribution is 2.48. The first-order valence-corrected chi connectivity index (χ1v) is 14.4. The molecule has 6 nitrogen and oxygen atoms in total. The van der Waals surface area contributed by atoms with E-state index in [1.54, 1.807) is 0 Å². The van der Waals surface area contributed by atoms with E-state index < -0.39 is 23.5 Å². The van der Waals surface area contributed by atoms with Gasteiger partial charge in [-0.1, -0.05) is 61.0 Å². The minimum Gasteiger partial charge on any atom is -0.449 e. The second-order valence-corrected chi connectivity index (χ2v) is 11.9. The van der Waals surface area contributed by atoms with Crippen LogP contribution in [-0.4, -0.2) is 60.3 Å². The molecule has 2 saturated carbocycles. The van der Waals surface area contributed by atoms with Crippen LogP contribution in [0.2, 0.25) is 0 Å². The highest BCUT2D eigenvalue weighted by atomic mass is 19.4. The topological polar surface area (TPSA) is 73.6 Å². The normalized spacial score (nSPS) is 22.3. The number of benzene rings is 2. The third kappa shape index (κ3) is 7.10. The number of likely N-dealkylation sites (tertiary alicyclic amines) is 1. The summed E-state index contributed by atoms with van der Waals surface area (Å²) in [6.07, 6.45) is 0.261. The number of nitrogens with zero attached hydrogens (tertiary/aromatic N) is 3. The van der Waals surface area contributed by atoms with Gasteiger partial charge in [-0.25, -0.2) is 0 Å². The molecule has 2 aromatic rings. The standard InChI is InChI=1S/C32H36F3N3O3/c33-32(34,35)30(40)38(28-19-27(28)25-5-2-1-3-6-25)21-31(20-24-11-9-23(10-12-24)13-16-36)14-17-37(18-15-31)22-41-29(39)26-7-4-8-26/h1-3,5-6,9-12,26-28H,4,7-8,13-15,17-22H2/t27-,28+/m0/s1. The number of carbonyl (C=O) groups excluding carboxylic acids is 2. The van der Waals surface area contributed by atoms with E-state index in [9.17, 15) is 22.8 Å². The van der Waals surface area contributed by atoms with Crippen molar-refractivity contribution in [3.05, 3.63) is 71.3 Å². The summed E-state index contributed by atoms with van der Waals surface area (Å²) in [7, 11) is 0. The molecule has 3 fully saturated rings. The highest BCUT2D eigenvalue weighted by Gasteiger charge is 2.54. The number of piperidine rings is 1. The molecule has 2 atom stereocenters. The van der Waals surface area contributed by atoms with Crippen LogP contribution < -0.4 is 0 Å². The van der Waals surface area contributed by atoms with Gasteiger partial charge in [0.2, 0.25) is 0 Å². The Morgan fingerprint density at radius 3 is 2.27 bits per heavy atom. The van der Waals surface area contributed by atoms with Gasteiger partial charge in [0.25, 0.3) is 0 Å². The minimum absolute atomic E-state index is 0.00892. The van der Waals surface area contributed by atoms with Crippen molar-refractivity contribution in [3.8, 4) is 6.07 Å².